The van der Waals surface area contributed by atoms with Gasteiger partial charge in [0.2, 0.25) is 11.9 Å². The third kappa shape index (κ3) is 4.19. The lowest BCUT2D eigenvalue weighted by atomic mass is 9.95. The minimum Gasteiger partial charge on any atom is -0.459 e. The Labute approximate surface area is 121 Å². The highest BCUT2D eigenvalue weighted by Crippen LogP contribution is 2.35. The first-order valence-electron chi connectivity index (χ1n) is 6.16. The zero-order valence-corrected chi connectivity index (χ0v) is 12.2. The lowest BCUT2D eigenvalue weighted by molar-refractivity contribution is -0.295. The Kier molecular flexibility index (Phi) is 4.95. The number of esters is 3. The topological polar surface area (TPSA) is 108 Å². The van der Waals surface area contributed by atoms with Crippen molar-refractivity contribution in [2.24, 2.45) is 0 Å². The SMILES string of the molecule is C=C1O[C@](C)(O)[C@H](OC(C)=O)[C@@H](OC(C)=O)[C@@H]1OC(C)=O. The van der Waals surface area contributed by atoms with Crippen LogP contribution in [0.1, 0.15) is 27.7 Å². The molecule has 0 radical (unpaired) electrons. The van der Waals surface area contributed by atoms with E-state index < -0.39 is 42.0 Å². The van der Waals surface area contributed by atoms with Crippen molar-refractivity contribution in [3.05, 3.63) is 12.3 Å². The van der Waals surface area contributed by atoms with Gasteiger partial charge in [0.25, 0.3) is 0 Å². The Morgan fingerprint density at radius 1 is 1.10 bits per heavy atom. The van der Waals surface area contributed by atoms with Gasteiger partial charge in [0.1, 0.15) is 5.76 Å². The fourth-order valence-corrected chi connectivity index (χ4v) is 2.01. The Balaban J connectivity index is 3.18. The van der Waals surface area contributed by atoms with Crippen molar-refractivity contribution in [2.45, 2.75) is 51.8 Å². The zero-order chi connectivity index (χ0) is 16.4. The van der Waals surface area contributed by atoms with Crippen LogP contribution in [0.3, 0.4) is 0 Å². The van der Waals surface area contributed by atoms with Crippen LogP contribution in [0.5, 0.6) is 0 Å². The molecular formula is C13H18O8. The molecule has 0 saturated carbocycles. The van der Waals surface area contributed by atoms with Gasteiger partial charge in [-0.2, -0.15) is 0 Å². The summed E-state index contributed by atoms with van der Waals surface area (Å²) in [5, 5.41) is 10.2. The molecule has 1 aliphatic rings. The first kappa shape index (κ1) is 17.0. The summed E-state index contributed by atoms with van der Waals surface area (Å²) in [5.74, 6) is -4.22. The van der Waals surface area contributed by atoms with Gasteiger partial charge in [-0.1, -0.05) is 6.58 Å². The number of ether oxygens (including phenoxy) is 4. The van der Waals surface area contributed by atoms with E-state index in [2.05, 4.69) is 6.58 Å². The van der Waals surface area contributed by atoms with Crippen LogP contribution < -0.4 is 0 Å². The van der Waals surface area contributed by atoms with Gasteiger partial charge < -0.3 is 24.1 Å². The van der Waals surface area contributed by atoms with E-state index in [9.17, 15) is 19.5 Å². The molecule has 0 aromatic heterocycles. The van der Waals surface area contributed by atoms with E-state index in [0.717, 1.165) is 20.8 Å². The maximum atomic E-state index is 11.2. The molecule has 118 valence electrons. The number of hydrogen-bond acceptors (Lipinski definition) is 8. The van der Waals surface area contributed by atoms with Crippen LogP contribution in [0, 0.1) is 0 Å². The van der Waals surface area contributed by atoms with E-state index in [1.54, 1.807) is 0 Å². The van der Waals surface area contributed by atoms with Gasteiger partial charge in [-0.3, -0.25) is 14.4 Å². The number of carbonyl (C=O) groups excluding carboxylic acids is 3. The summed E-state index contributed by atoms with van der Waals surface area (Å²) < 4.78 is 20.1. The average Bonchev–Trinajstić information content (AvgIpc) is 2.27. The van der Waals surface area contributed by atoms with Crippen LogP contribution in [0.15, 0.2) is 12.3 Å². The third-order valence-corrected chi connectivity index (χ3v) is 2.67. The van der Waals surface area contributed by atoms with Crippen LogP contribution in [-0.2, 0) is 33.3 Å². The molecule has 8 heteroatoms. The molecular weight excluding hydrogens is 284 g/mol. The molecule has 0 amide bonds. The summed E-state index contributed by atoms with van der Waals surface area (Å²) in [4.78, 5) is 33.6. The van der Waals surface area contributed by atoms with E-state index in [-0.39, 0.29) is 5.76 Å². The van der Waals surface area contributed by atoms with Crippen molar-refractivity contribution in [1.29, 1.82) is 0 Å². The fourth-order valence-electron chi connectivity index (χ4n) is 2.01. The highest BCUT2D eigenvalue weighted by atomic mass is 16.7. The van der Waals surface area contributed by atoms with E-state index in [0.29, 0.717) is 0 Å². The van der Waals surface area contributed by atoms with Gasteiger partial charge in [-0.15, -0.1) is 0 Å². The average molecular weight is 302 g/mol. The van der Waals surface area contributed by atoms with Gasteiger partial charge in [0.05, 0.1) is 0 Å². The van der Waals surface area contributed by atoms with Gasteiger partial charge in [0, 0.05) is 27.7 Å². The van der Waals surface area contributed by atoms with Crippen LogP contribution in [0.2, 0.25) is 0 Å². The predicted octanol–water partition coefficient (Wildman–Crippen LogP) is 0.0339. The Bertz CT molecular complexity index is 467. The first-order chi connectivity index (χ1) is 9.54. The lowest BCUT2D eigenvalue weighted by Gasteiger charge is -2.44. The highest BCUT2D eigenvalue weighted by Gasteiger charge is 2.55. The van der Waals surface area contributed by atoms with Gasteiger partial charge >= 0.3 is 17.9 Å². The van der Waals surface area contributed by atoms with Crippen LogP contribution in [0.4, 0.5) is 0 Å². The number of aliphatic hydroxyl groups is 1. The van der Waals surface area contributed by atoms with E-state index in [1.165, 1.54) is 6.92 Å². The summed E-state index contributed by atoms with van der Waals surface area (Å²) in [6, 6.07) is 0. The summed E-state index contributed by atoms with van der Waals surface area (Å²) in [5.41, 5.74) is 0. The van der Waals surface area contributed by atoms with Crippen molar-refractivity contribution in [3.63, 3.8) is 0 Å². The maximum absolute atomic E-state index is 11.2. The number of hydrogen-bond donors (Lipinski definition) is 1. The van der Waals surface area contributed by atoms with Gasteiger partial charge in [-0.25, -0.2) is 0 Å². The minimum absolute atomic E-state index is 0.121. The van der Waals surface area contributed by atoms with E-state index in [1.807, 2.05) is 0 Å². The van der Waals surface area contributed by atoms with E-state index in [4.69, 9.17) is 18.9 Å². The number of rotatable bonds is 3. The molecule has 0 unspecified atom stereocenters. The summed E-state index contributed by atoms with van der Waals surface area (Å²) in [6.07, 6.45) is -3.85. The fraction of sp³-hybridized carbons (Fsp3) is 0.615. The monoisotopic (exact) mass is 302 g/mol. The molecule has 1 rings (SSSR count). The van der Waals surface area contributed by atoms with Gasteiger partial charge in [-0.05, 0) is 0 Å². The van der Waals surface area contributed by atoms with Crippen LogP contribution in [0.25, 0.3) is 0 Å². The standard InChI is InChI=1S/C13H18O8/c1-6-10(18-7(2)14)11(19-8(3)15)12(20-9(4)16)13(5,17)21-6/h10-12,17H,1H2,2-5H3/t10-,11+,12-,13+/m1/s1. The van der Waals surface area contributed by atoms with E-state index >= 15 is 0 Å². The van der Waals surface area contributed by atoms with Crippen molar-refractivity contribution in [2.75, 3.05) is 0 Å². The molecule has 8 nitrogen and oxygen atoms in total. The zero-order valence-electron chi connectivity index (χ0n) is 12.2. The molecule has 21 heavy (non-hydrogen) atoms. The van der Waals surface area contributed by atoms with Crippen LogP contribution in [-0.4, -0.2) is 47.1 Å². The molecule has 1 fully saturated rings. The molecule has 1 saturated heterocycles. The number of carbonyl (C=O) groups is 3. The normalized spacial score (nSPS) is 31.9. The summed E-state index contributed by atoms with van der Waals surface area (Å²) in [6.45, 7) is 8.13. The molecule has 4 atom stereocenters. The van der Waals surface area contributed by atoms with Crippen molar-refractivity contribution >= 4 is 17.9 Å². The molecule has 0 aromatic carbocycles. The second-order valence-corrected chi connectivity index (χ2v) is 4.76. The second kappa shape index (κ2) is 6.13. The minimum atomic E-state index is -1.99. The quantitative estimate of drug-likeness (QED) is 0.574. The van der Waals surface area contributed by atoms with Crippen molar-refractivity contribution in [1.82, 2.24) is 0 Å². The molecule has 1 aliphatic heterocycles. The third-order valence-electron chi connectivity index (χ3n) is 2.67. The molecule has 0 bridgehead atoms. The highest BCUT2D eigenvalue weighted by molar-refractivity contribution is 5.68. The van der Waals surface area contributed by atoms with Crippen LogP contribution >= 0.6 is 0 Å². The molecule has 0 aromatic rings. The Morgan fingerprint density at radius 3 is 2.00 bits per heavy atom. The maximum Gasteiger partial charge on any atom is 0.303 e. The largest absolute Gasteiger partial charge is 0.459 e. The Hall–Kier alpha value is -2.09. The molecule has 0 aliphatic carbocycles. The van der Waals surface area contributed by atoms with Gasteiger partial charge in [0.15, 0.2) is 12.2 Å². The smallest absolute Gasteiger partial charge is 0.303 e. The lowest BCUT2D eigenvalue weighted by Crippen LogP contribution is -2.61. The molecule has 1 N–H and O–H groups in total. The molecule has 1 heterocycles. The predicted molar refractivity (Wildman–Crippen MR) is 67.5 cm³/mol. The second-order valence-electron chi connectivity index (χ2n) is 4.76. The first-order valence-corrected chi connectivity index (χ1v) is 6.16. The van der Waals surface area contributed by atoms with Crippen molar-refractivity contribution in [3.8, 4) is 0 Å². The Morgan fingerprint density at radius 2 is 1.57 bits per heavy atom. The molecule has 0 spiro atoms. The van der Waals surface area contributed by atoms with Crippen molar-refractivity contribution < 1.29 is 38.4 Å². The summed E-state index contributed by atoms with van der Waals surface area (Å²) in [7, 11) is 0. The summed E-state index contributed by atoms with van der Waals surface area (Å²) >= 11 is 0.